The highest BCUT2D eigenvalue weighted by atomic mass is 32.1. The maximum Gasteiger partial charge on any atom is 0.142 e. The van der Waals surface area contributed by atoms with Crippen molar-refractivity contribution in [1.82, 2.24) is 0 Å². The van der Waals surface area contributed by atoms with E-state index < -0.39 is 0 Å². The van der Waals surface area contributed by atoms with Crippen molar-refractivity contribution in [3.05, 3.63) is 5.57 Å². The summed E-state index contributed by atoms with van der Waals surface area (Å²) in [6.07, 6.45) is 3.62. The second-order valence-electron chi connectivity index (χ2n) is 5.18. The Balaban J connectivity index is 3.21. The first kappa shape index (κ1) is 10.7. The minimum absolute atomic E-state index is 0.166. The van der Waals surface area contributed by atoms with Gasteiger partial charge in [0.25, 0.3) is 0 Å². The third-order valence-corrected chi connectivity index (χ3v) is 3.39. The zero-order chi connectivity index (χ0) is 10.1. The van der Waals surface area contributed by atoms with Gasteiger partial charge in [-0.05, 0) is 34.3 Å². The van der Waals surface area contributed by atoms with E-state index in [2.05, 4.69) is 32.7 Å². The van der Waals surface area contributed by atoms with Crippen LogP contribution in [-0.2, 0) is 11.3 Å². The highest BCUT2D eigenvalue weighted by Gasteiger charge is 2.38. The molecule has 0 aromatic rings. The smallest absolute Gasteiger partial charge is 0.142 e. The van der Waals surface area contributed by atoms with Gasteiger partial charge in [0.15, 0.2) is 0 Å². The van der Waals surface area contributed by atoms with E-state index in [1.165, 1.54) is 24.8 Å². The standard InChI is InChI=1S/C11H18OS/c1-10(2)6-5-7-11(3,4)9(10)8-13-12/h5-7H2,1-4H3. The summed E-state index contributed by atoms with van der Waals surface area (Å²) >= 11 is 0.476. The third-order valence-electron chi connectivity index (χ3n) is 3.10. The van der Waals surface area contributed by atoms with Crippen LogP contribution in [-0.4, -0.2) is 9.23 Å². The molecule has 1 saturated carbocycles. The molecule has 0 atom stereocenters. The van der Waals surface area contributed by atoms with Crippen LogP contribution >= 0.6 is 0 Å². The molecule has 0 aromatic carbocycles. The summed E-state index contributed by atoms with van der Waals surface area (Å²) in [5, 5.41) is 2.94. The van der Waals surface area contributed by atoms with E-state index in [0.717, 1.165) is 0 Å². The van der Waals surface area contributed by atoms with Gasteiger partial charge >= 0.3 is 0 Å². The molecule has 0 unspecified atom stereocenters. The zero-order valence-corrected chi connectivity index (χ0v) is 9.75. The van der Waals surface area contributed by atoms with Crippen molar-refractivity contribution in [2.24, 2.45) is 10.8 Å². The predicted octanol–water partition coefficient (Wildman–Crippen LogP) is 2.76. The molecule has 0 radical (unpaired) electrons. The van der Waals surface area contributed by atoms with Crippen LogP contribution in [0.2, 0.25) is 0 Å². The third kappa shape index (κ3) is 2.12. The van der Waals surface area contributed by atoms with Gasteiger partial charge in [-0.25, -0.2) is 4.21 Å². The van der Waals surface area contributed by atoms with Crippen molar-refractivity contribution < 1.29 is 4.21 Å². The van der Waals surface area contributed by atoms with Crippen LogP contribution in [0.5, 0.6) is 0 Å². The van der Waals surface area contributed by atoms with Crippen molar-refractivity contribution in [3.63, 3.8) is 0 Å². The fourth-order valence-electron chi connectivity index (χ4n) is 2.46. The molecule has 1 aliphatic rings. The molecule has 0 aromatic heterocycles. The molecular weight excluding hydrogens is 180 g/mol. The van der Waals surface area contributed by atoms with Crippen LogP contribution in [0.15, 0.2) is 5.57 Å². The molecule has 0 spiro atoms. The number of hydrogen-bond acceptors (Lipinski definition) is 1. The molecule has 0 heterocycles. The average molecular weight is 198 g/mol. The van der Waals surface area contributed by atoms with Gasteiger partial charge < -0.3 is 0 Å². The monoisotopic (exact) mass is 198 g/mol. The lowest BCUT2D eigenvalue weighted by Gasteiger charge is -2.42. The van der Waals surface area contributed by atoms with E-state index in [9.17, 15) is 4.21 Å². The first-order valence-electron chi connectivity index (χ1n) is 4.83. The van der Waals surface area contributed by atoms with E-state index in [1.807, 2.05) is 0 Å². The number of allylic oxidation sites excluding steroid dienone is 1. The number of rotatable bonds is 0. The van der Waals surface area contributed by atoms with E-state index in [4.69, 9.17) is 0 Å². The zero-order valence-electron chi connectivity index (χ0n) is 8.94. The molecule has 2 heteroatoms. The van der Waals surface area contributed by atoms with E-state index in [1.54, 1.807) is 0 Å². The lowest BCUT2D eigenvalue weighted by molar-refractivity contribution is 0.221. The Labute approximate surface area is 84.3 Å². The molecule has 13 heavy (non-hydrogen) atoms. The van der Waals surface area contributed by atoms with Gasteiger partial charge in [-0.15, -0.1) is 0 Å². The minimum Gasteiger partial charge on any atom is -0.203 e. The summed E-state index contributed by atoms with van der Waals surface area (Å²) < 4.78 is 10.6. The van der Waals surface area contributed by atoms with Crippen LogP contribution < -0.4 is 0 Å². The van der Waals surface area contributed by atoms with Gasteiger partial charge in [-0.3, -0.25) is 0 Å². The van der Waals surface area contributed by atoms with Crippen molar-refractivity contribution in [2.75, 3.05) is 0 Å². The summed E-state index contributed by atoms with van der Waals surface area (Å²) in [4.78, 5) is 0. The highest BCUT2D eigenvalue weighted by Crippen LogP contribution is 2.48. The average Bonchev–Trinajstić information content (AvgIpc) is 1.96. The topological polar surface area (TPSA) is 17.1 Å². The van der Waals surface area contributed by atoms with Gasteiger partial charge in [0.1, 0.15) is 11.3 Å². The first-order valence-corrected chi connectivity index (χ1v) is 5.57. The van der Waals surface area contributed by atoms with Gasteiger partial charge in [-0.1, -0.05) is 34.1 Å². The second-order valence-corrected chi connectivity index (χ2v) is 5.55. The van der Waals surface area contributed by atoms with E-state index in [0.29, 0.717) is 11.3 Å². The maximum atomic E-state index is 10.6. The molecule has 0 amide bonds. The SMILES string of the molecule is CC1(C)CCCC(C)(C)C1=C=S=O. The van der Waals surface area contributed by atoms with Gasteiger partial charge in [0, 0.05) is 0 Å². The Bertz CT molecular complexity index is 271. The Morgan fingerprint density at radius 3 is 2.00 bits per heavy atom. The number of hydrogen-bond donors (Lipinski definition) is 0. The van der Waals surface area contributed by atoms with Crippen LogP contribution in [0.25, 0.3) is 0 Å². The molecular formula is C11H18OS. The molecule has 1 rings (SSSR count). The van der Waals surface area contributed by atoms with Crippen LogP contribution in [0.3, 0.4) is 0 Å². The maximum absolute atomic E-state index is 10.6. The normalized spacial score (nSPS) is 25.1. The molecule has 0 saturated heterocycles. The molecule has 0 aliphatic heterocycles. The quantitative estimate of drug-likeness (QED) is 0.547. The molecule has 1 aliphatic carbocycles. The van der Waals surface area contributed by atoms with Gasteiger partial charge in [-0.2, -0.15) is 0 Å². The Morgan fingerprint density at radius 2 is 1.62 bits per heavy atom. The molecule has 0 N–H and O–H groups in total. The Morgan fingerprint density at radius 1 is 1.15 bits per heavy atom. The summed E-state index contributed by atoms with van der Waals surface area (Å²) in [6, 6.07) is 0. The fourth-order valence-corrected chi connectivity index (χ4v) is 3.09. The summed E-state index contributed by atoms with van der Waals surface area (Å²) in [5.41, 5.74) is 1.55. The summed E-state index contributed by atoms with van der Waals surface area (Å²) in [5.74, 6) is 0. The summed E-state index contributed by atoms with van der Waals surface area (Å²) in [6.45, 7) is 8.86. The van der Waals surface area contributed by atoms with Crippen molar-refractivity contribution in [3.8, 4) is 0 Å². The molecule has 74 valence electrons. The van der Waals surface area contributed by atoms with Crippen LogP contribution in [0.1, 0.15) is 47.0 Å². The highest BCUT2D eigenvalue weighted by molar-refractivity contribution is 7.64. The van der Waals surface area contributed by atoms with E-state index in [-0.39, 0.29) is 10.8 Å². The molecule has 1 nitrogen and oxygen atoms in total. The Kier molecular flexibility index (Phi) is 2.84. The van der Waals surface area contributed by atoms with Crippen LogP contribution in [0, 0.1) is 10.8 Å². The lowest BCUT2D eigenvalue weighted by Crippen LogP contribution is -2.32. The fraction of sp³-hybridized carbons (Fsp3) is 0.818. The van der Waals surface area contributed by atoms with Crippen molar-refractivity contribution >= 4 is 16.3 Å². The molecule has 0 bridgehead atoms. The van der Waals surface area contributed by atoms with Crippen molar-refractivity contribution in [1.29, 1.82) is 0 Å². The summed E-state index contributed by atoms with van der Waals surface area (Å²) in [7, 11) is 0. The largest absolute Gasteiger partial charge is 0.203 e. The minimum atomic E-state index is 0.166. The van der Waals surface area contributed by atoms with Gasteiger partial charge in [0.05, 0.1) is 0 Å². The first-order chi connectivity index (χ1) is 5.90. The second kappa shape index (κ2) is 3.43. The lowest BCUT2D eigenvalue weighted by atomic mass is 9.62. The Hall–Kier alpha value is -0.330. The molecule has 1 fully saturated rings. The predicted molar refractivity (Wildman–Crippen MR) is 58.1 cm³/mol. The van der Waals surface area contributed by atoms with Crippen molar-refractivity contribution in [2.45, 2.75) is 47.0 Å². The van der Waals surface area contributed by atoms with E-state index >= 15 is 0 Å². The van der Waals surface area contributed by atoms with Crippen LogP contribution in [0.4, 0.5) is 0 Å². The van der Waals surface area contributed by atoms with Gasteiger partial charge in [0.2, 0.25) is 0 Å².